The molecule has 7 N–H and O–H groups in total. The van der Waals surface area contributed by atoms with Crippen molar-refractivity contribution in [2.45, 2.75) is 114 Å². The molecule has 4 aromatic rings. The van der Waals surface area contributed by atoms with Gasteiger partial charge in [0.05, 0.1) is 6.33 Å². The van der Waals surface area contributed by atoms with Crippen molar-refractivity contribution in [3.63, 3.8) is 0 Å². The number of imidazole rings is 1. The minimum absolute atomic E-state index is 0.0355. The first-order valence-corrected chi connectivity index (χ1v) is 22.2. The van der Waals surface area contributed by atoms with E-state index in [4.69, 9.17) is 10.5 Å². The molecule has 7 amide bonds. The smallest absolute Gasteiger partial charge is 0.417 e. The fourth-order valence-electron chi connectivity index (χ4n) is 8.90. The van der Waals surface area contributed by atoms with Gasteiger partial charge in [-0.1, -0.05) is 68.8 Å². The second kappa shape index (κ2) is 20.7. The maximum atomic E-state index is 15.2. The summed E-state index contributed by atoms with van der Waals surface area (Å²) in [4.78, 5) is 117. The number of nitrogens with one attached hydrogen (secondary N) is 5. The quantitative estimate of drug-likeness (QED) is 0.129. The maximum absolute atomic E-state index is 15.2. The van der Waals surface area contributed by atoms with Gasteiger partial charge in [-0.3, -0.25) is 28.8 Å². The Morgan fingerprint density at radius 2 is 1.53 bits per heavy atom. The van der Waals surface area contributed by atoms with Crippen LogP contribution in [0.3, 0.4) is 0 Å². The van der Waals surface area contributed by atoms with Gasteiger partial charge in [0.1, 0.15) is 42.9 Å². The summed E-state index contributed by atoms with van der Waals surface area (Å²) in [6.45, 7) is 3.65. The van der Waals surface area contributed by atoms with E-state index in [2.05, 4.69) is 25.6 Å². The number of amides is 7. The normalized spacial score (nSPS) is 24.8. The molecule has 7 rings (SSSR count). The Bertz CT molecular complexity index is 2340. The van der Waals surface area contributed by atoms with Gasteiger partial charge in [-0.15, -0.1) is 0 Å². The molecule has 18 nitrogen and oxygen atoms in total. The van der Waals surface area contributed by atoms with Crippen molar-refractivity contribution in [3.05, 3.63) is 90.1 Å². The van der Waals surface area contributed by atoms with Crippen LogP contribution in [0.4, 0.5) is 4.79 Å². The third-order valence-electron chi connectivity index (χ3n) is 12.6. The van der Waals surface area contributed by atoms with Gasteiger partial charge in [0.2, 0.25) is 29.5 Å². The van der Waals surface area contributed by atoms with Crippen LogP contribution in [0.15, 0.2) is 73.3 Å². The molecule has 64 heavy (non-hydrogen) atoms. The van der Waals surface area contributed by atoms with Gasteiger partial charge < -0.3 is 46.2 Å². The fourth-order valence-corrected chi connectivity index (χ4v) is 8.90. The number of para-hydroxylation sites is 1. The number of imide groups is 1. The summed E-state index contributed by atoms with van der Waals surface area (Å²) in [5.41, 5.74) is 8.38. The lowest BCUT2D eigenvalue weighted by molar-refractivity contribution is -0.149. The van der Waals surface area contributed by atoms with Crippen molar-refractivity contribution in [1.82, 2.24) is 45.6 Å². The van der Waals surface area contributed by atoms with E-state index in [1.807, 2.05) is 31.2 Å². The first-order chi connectivity index (χ1) is 31.4. The van der Waals surface area contributed by atoms with E-state index in [1.54, 1.807) is 43.5 Å². The van der Waals surface area contributed by atoms with Gasteiger partial charge in [0.15, 0.2) is 1.41 Å². The zero-order valence-corrected chi connectivity index (χ0v) is 36.2. The van der Waals surface area contributed by atoms with Crippen molar-refractivity contribution < 1.29 is 39.7 Å². The molecule has 0 unspecified atom stereocenters. The number of hydrogen-bond acceptors (Lipinski definition) is 10. The third kappa shape index (κ3) is 10.1. The van der Waals surface area contributed by atoms with Crippen LogP contribution in [0, 0.1) is 5.92 Å². The van der Waals surface area contributed by atoms with Crippen molar-refractivity contribution >= 4 is 52.4 Å². The molecule has 3 aliphatic heterocycles. The van der Waals surface area contributed by atoms with Crippen LogP contribution in [0.5, 0.6) is 0 Å². The first-order valence-electron chi connectivity index (χ1n) is 22.7. The number of benzene rings is 2. The van der Waals surface area contributed by atoms with E-state index in [-0.39, 0.29) is 64.8 Å². The number of rotatable bonds is 11. The maximum Gasteiger partial charge on any atom is 0.417 e. The molecule has 3 saturated heterocycles. The molecule has 340 valence electrons. The number of carbonyl (C=O) groups excluding carboxylic acids is 7. The molecule has 2 aromatic heterocycles. The number of carbonyl (C=O) groups is 7. The van der Waals surface area contributed by atoms with E-state index in [0.29, 0.717) is 41.4 Å². The Balaban J connectivity index is 1.34. The van der Waals surface area contributed by atoms with Crippen LogP contribution < -0.4 is 21.7 Å². The van der Waals surface area contributed by atoms with Gasteiger partial charge >= 0.3 is 6.09 Å². The highest BCUT2D eigenvalue weighted by Gasteiger charge is 2.47. The first kappa shape index (κ1) is 44.1. The Morgan fingerprint density at radius 1 is 0.859 bits per heavy atom. The van der Waals surface area contributed by atoms with Crippen LogP contribution in [0.1, 0.15) is 75.6 Å². The number of nitrogens with two attached hydrogens (primary N) is 1. The number of aromatic amines is 2. The second-order valence-electron chi connectivity index (χ2n) is 16.8. The van der Waals surface area contributed by atoms with Crippen molar-refractivity contribution in [3.8, 4) is 0 Å². The number of aromatic nitrogens is 3. The highest BCUT2D eigenvalue weighted by atomic mass is 16.6. The van der Waals surface area contributed by atoms with E-state index in [1.165, 1.54) is 22.3 Å². The minimum Gasteiger partial charge on any atom is -0.444 e. The SMILES string of the molecule is [2H]N1C(=O)[C@@H](Cc2c[nH]c3ccccc23)NC(=O)[C@@H]2CCCN2C(=O)[C@@H](Cc2cnc[nH]2)N(C(=O)OCc2ccccc2)C(=O)[C@H](CCCN)NC(=O)[C@@H]2CCCN2C(=O)[C@@H]1[C@@H](C)CC. The number of hydrogen-bond donors (Lipinski definition) is 6. The van der Waals surface area contributed by atoms with E-state index in [0.717, 1.165) is 15.8 Å². The van der Waals surface area contributed by atoms with Crippen LogP contribution in [-0.2, 0) is 53.0 Å². The lowest BCUT2D eigenvalue weighted by Crippen LogP contribution is -2.63. The average molecular weight is 880 g/mol. The topological polar surface area (TPSA) is 245 Å². The summed E-state index contributed by atoms with van der Waals surface area (Å²) < 4.78 is 15.1. The van der Waals surface area contributed by atoms with Crippen LogP contribution in [0.2, 0.25) is 1.41 Å². The Morgan fingerprint density at radius 3 is 2.20 bits per heavy atom. The summed E-state index contributed by atoms with van der Waals surface area (Å²) in [5, 5.41) is 7.10. The lowest BCUT2D eigenvalue weighted by atomic mass is 9.96. The molecule has 0 spiro atoms. The molecular weight excluding hydrogens is 821 g/mol. The minimum atomic E-state index is -1.61. The molecule has 7 atom stereocenters. The van der Waals surface area contributed by atoms with Gasteiger partial charge in [-0.2, -0.15) is 0 Å². The monoisotopic (exact) mass is 879 g/mol. The third-order valence-corrected chi connectivity index (χ3v) is 12.6. The largest absolute Gasteiger partial charge is 0.444 e. The summed E-state index contributed by atoms with van der Waals surface area (Å²) >= 11 is 0. The molecule has 2 aromatic carbocycles. The van der Waals surface area contributed by atoms with Crippen molar-refractivity contribution in [2.24, 2.45) is 11.7 Å². The van der Waals surface area contributed by atoms with Gasteiger partial charge in [0.25, 0.3) is 5.91 Å². The molecule has 3 aliphatic rings. The summed E-state index contributed by atoms with van der Waals surface area (Å²) in [6, 6.07) is 8.21. The number of ether oxygens (including phenoxy) is 1. The molecule has 18 heteroatoms. The predicted molar refractivity (Wildman–Crippen MR) is 235 cm³/mol. The zero-order valence-electron chi connectivity index (χ0n) is 37.2. The van der Waals surface area contributed by atoms with Crippen LogP contribution in [0.25, 0.3) is 10.9 Å². The van der Waals surface area contributed by atoms with Crippen molar-refractivity contribution in [1.29, 1.82) is 0 Å². The standard InChI is InChI=1S/C46H58N10O8/c1-3-28(2)39-45(62)55-21-11-18-37(55)41(58)51-34(16-9-19-47)43(60)56(46(63)64-26-29-12-5-4-6-13-29)38(23-31-25-48-27-50-31)44(61)54-20-10-17-36(54)42(59)52-35(40(57)53-39)22-30-24-49-33-15-8-7-14-32(30)33/h4-8,12-15,24-25,27-28,34-39,49H,3,9-11,16-23,26,47H2,1-2H3,(H,48,50)(H,51,58)(H,52,59)(H,53,57)/t28-,34-,35+,36-,37-,38+,39-/m0/s1/i/hD. The van der Waals surface area contributed by atoms with Crippen LogP contribution >= 0.6 is 0 Å². The average Bonchev–Trinajstić information content (AvgIpc) is 4.17. The molecule has 3 fully saturated rings. The molecule has 0 radical (unpaired) electrons. The Hall–Kier alpha value is -6.56. The zero-order chi connectivity index (χ0) is 46.2. The Labute approximate surface area is 372 Å². The second-order valence-corrected chi connectivity index (χ2v) is 16.8. The number of fused-ring (bicyclic) bond motifs is 3. The predicted octanol–water partition coefficient (Wildman–Crippen LogP) is 2.45. The molecule has 5 heterocycles. The Kier molecular flexibility index (Phi) is 14.3. The molecule has 0 saturated carbocycles. The highest BCUT2D eigenvalue weighted by Crippen LogP contribution is 2.27. The number of H-pyrrole nitrogens is 2. The molecule has 0 aliphatic carbocycles. The summed E-state index contributed by atoms with van der Waals surface area (Å²) in [5.74, 6) is -5.09. The number of nitrogens with zero attached hydrogens (tertiary/aromatic N) is 4. The lowest BCUT2D eigenvalue weighted by Gasteiger charge is -2.36. The van der Waals surface area contributed by atoms with E-state index >= 15 is 9.59 Å². The van der Waals surface area contributed by atoms with Gasteiger partial charge in [-0.25, -0.2) is 14.7 Å². The van der Waals surface area contributed by atoms with Crippen LogP contribution in [-0.4, -0.2) is 127 Å². The molecule has 0 bridgehead atoms. The summed E-state index contributed by atoms with van der Waals surface area (Å²) in [6.07, 6.45) is 4.85. The van der Waals surface area contributed by atoms with Gasteiger partial charge in [0, 0.05) is 54.9 Å². The molecular formula is C46H58N10O8. The van der Waals surface area contributed by atoms with E-state index < -0.39 is 83.7 Å². The summed E-state index contributed by atoms with van der Waals surface area (Å²) in [7, 11) is 0. The van der Waals surface area contributed by atoms with E-state index in [9.17, 15) is 25.4 Å². The van der Waals surface area contributed by atoms with Gasteiger partial charge in [-0.05, 0) is 68.2 Å². The highest BCUT2D eigenvalue weighted by molar-refractivity contribution is 6.03. The fraction of sp³-hybridized carbons (Fsp3) is 0.478. The van der Waals surface area contributed by atoms with Crippen molar-refractivity contribution in [2.75, 3.05) is 19.6 Å².